The molecular formula is C7H10ClI. The molecule has 0 aliphatic heterocycles. The van der Waals surface area contributed by atoms with Crippen LogP contribution in [0.15, 0.2) is 22.3 Å². The zero-order chi connectivity index (χ0) is 6.95. The molecule has 2 heteroatoms. The van der Waals surface area contributed by atoms with Gasteiger partial charge in [-0.05, 0) is 16.9 Å². The first kappa shape index (κ1) is 9.50. The third-order valence-electron chi connectivity index (χ3n) is 0.824. The largest absolute Gasteiger partial charge is 0.127 e. The highest BCUT2D eigenvalue weighted by Crippen LogP contribution is 1.93. The first-order chi connectivity index (χ1) is 4.41. The van der Waals surface area contributed by atoms with Gasteiger partial charge >= 0.3 is 0 Å². The van der Waals surface area contributed by atoms with Gasteiger partial charge in [0.15, 0.2) is 0 Å². The second-order valence-electron chi connectivity index (χ2n) is 1.58. The number of hydrogen-bond acceptors (Lipinski definition) is 0. The van der Waals surface area contributed by atoms with Crippen LogP contribution in [0.4, 0.5) is 0 Å². The molecule has 0 atom stereocenters. The molecule has 0 aromatic heterocycles. The highest BCUT2D eigenvalue weighted by atomic mass is 127. The molecule has 0 aliphatic rings. The Kier molecular flexibility index (Phi) is 8.97. The fraction of sp³-hybridized carbons (Fsp3) is 0.429. The van der Waals surface area contributed by atoms with E-state index in [1.54, 1.807) is 0 Å². The molecule has 0 fully saturated rings. The Labute approximate surface area is 75.1 Å². The molecule has 0 heterocycles. The van der Waals surface area contributed by atoms with Crippen LogP contribution in [0, 0.1) is 0 Å². The molecule has 0 unspecified atom stereocenters. The van der Waals surface area contributed by atoms with Crippen LogP contribution < -0.4 is 0 Å². The molecule has 0 bridgehead atoms. The van der Waals surface area contributed by atoms with E-state index >= 15 is 0 Å². The Morgan fingerprint density at radius 1 is 1.33 bits per heavy atom. The number of allylic oxidation sites excluding steroid dienone is 3. The van der Waals surface area contributed by atoms with E-state index in [4.69, 9.17) is 11.6 Å². The zero-order valence-electron chi connectivity index (χ0n) is 5.19. The van der Waals surface area contributed by atoms with Crippen LogP contribution in [-0.4, -0.2) is 5.88 Å². The quantitative estimate of drug-likeness (QED) is 0.312. The fourth-order valence-corrected chi connectivity index (χ4v) is 0.806. The van der Waals surface area contributed by atoms with Gasteiger partial charge in [0, 0.05) is 5.88 Å². The van der Waals surface area contributed by atoms with Crippen LogP contribution in [0.25, 0.3) is 0 Å². The van der Waals surface area contributed by atoms with Gasteiger partial charge in [-0.1, -0.05) is 40.8 Å². The highest BCUT2D eigenvalue weighted by Gasteiger charge is 1.75. The van der Waals surface area contributed by atoms with Gasteiger partial charge in [0.25, 0.3) is 0 Å². The molecule has 52 valence electrons. The number of alkyl halides is 1. The first-order valence-electron chi connectivity index (χ1n) is 2.89. The Balaban J connectivity index is 3.04. The Morgan fingerprint density at radius 2 is 2.11 bits per heavy atom. The average molecular weight is 257 g/mol. The van der Waals surface area contributed by atoms with Gasteiger partial charge in [-0.15, -0.1) is 11.6 Å². The van der Waals surface area contributed by atoms with E-state index in [0.29, 0.717) is 0 Å². The minimum Gasteiger partial charge on any atom is -0.127 e. The predicted octanol–water partition coefficient (Wildman–Crippen LogP) is 3.51. The Morgan fingerprint density at radius 3 is 2.67 bits per heavy atom. The van der Waals surface area contributed by atoms with Gasteiger partial charge in [0.05, 0.1) is 0 Å². The van der Waals surface area contributed by atoms with Crippen molar-refractivity contribution in [1.82, 2.24) is 0 Å². The number of rotatable bonds is 4. The van der Waals surface area contributed by atoms with Crippen molar-refractivity contribution in [2.75, 3.05) is 5.88 Å². The lowest BCUT2D eigenvalue weighted by Crippen LogP contribution is -1.69. The van der Waals surface area contributed by atoms with Crippen LogP contribution in [0.3, 0.4) is 0 Å². The SMILES string of the molecule is ClCCC/C=C/C=C/I. The van der Waals surface area contributed by atoms with Gasteiger partial charge in [0.1, 0.15) is 0 Å². The summed E-state index contributed by atoms with van der Waals surface area (Å²) < 4.78 is 1.98. The summed E-state index contributed by atoms with van der Waals surface area (Å²) in [7, 11) is 0. The van der Waals surface area contributed by atoms with E-state index in [1.807, 2.05) is 16.2 Å². The summed E-state index contributed by atoms with van der Waals surface area (Å²) >= 11 is 7.65. The van der Waals surface area contributed by atoms with E-state index < -0.39 is 0 Å². The molecule has 9 heavy (non-hydrogen) atoms. The van der Waals surface area contributed by atoms with E-state index in [2.05, 4.69) is 28.7 Å². The van der Waals surface area contributed by atoms with Gasteiger partial charge in [0.2, 0.25) is 0 Å². The maximum absolute atomic E-state index is 5.46. The number of hydrogen-bond donors (Lipinski definition) is 0. The Bertz CT molecular complexity index is 97.1. The number of halogens is 2. The summed E-state index contributed by atoms with van der Waals surface area (Å²) in [6.07, 6.45) is 8.34. The van der Waals surface area contributed by atoms with Gasteiger partial charge in [-0.3, -0.25) is 0 Å². The van der Waals surface area contributed by atoms with Crippen LogP contribution in [0.5, 0.6) is 0 Å². The van der Waals surface area contributed by atoms with Gasteiger partial charge in [-0.25, -0.2) is 0 Å². The smallest absolute Gasteiger partial charge is 0.0226 e. The molecule has 0 saturated heterocycles. The maximum Gasteiger partial charge on any atom is 0.0226 e. The minimum absolute atomic E-state index is 0.762. The van der Waals surface area contributed by atoms with Crippen molar-refractivity contribution in [3.05, 3.63) is 22.3 Å². The molecule has 0 spiro atoms. The second-order valence-corrected chi connectivity index (χ2v) is 2.67. The molecule has 0 radical (unpaired) electrons. The molecule has 0 aromatic rings. The molecule has 0 aromatic carbocycles. The standard InChI is InChI=1S/C7H10ClI/c8-6-4-2-1-3-5-7-9/h1,3,5,7H,2,4,6H2/b3-1+,7-5+. The third-order valence-corrected chi connectivity index (χ3v) is 1.51. The molecule has 0 nitrogen and oxygen atoms in total. The Hall–Kier alpha value is 0.500. The van der Waals surface area contributed by atoms with Crippen molar-refractivity contribution < 1.29 is 0 Å². The summed E-state index contributed by atoms with van der Waals surface area (Å²) in [5, 5.41) is 0. The molecule has 0 saturated carbocycles. The summed E-state index contributed by atoms with van der Waals surface area (Å²) in [6, 6.07) is 0. The lowest BCUT2D eigenvalue weighted by atomic mass is 10.3. The number of unbranched alkanes of at least 4 members (excludes halogenated alkanes) is 1. The molecular weight excluding hydrogens is 246 g/mol. The zero-order valence-corrected chi connectivity index (χ0v) is 8.10. The fourth-order valence-electron chi connectivity index (χ4n) is 0.412. The van der Waals surface area contributed by atoms with Crippen molar-refractivity contribution in [1.29, 1.82) is 0 Å². The van der Waals surface area contributed by atoms with Crippen LogP contribution in [0.1, 0.15) is 12.8 Å². The predicted molar refractivity (Wildman–Crippen MR) is 52.3 cm³/mol. The lowest BCUT2D eigenvalue weighted by molar-refractivity contribution is 0.966. The van der Waals surface area contributed by atoms with Crippen molar-refractivity contribution in [2.45, 2.75) is 12.8 Å². The monoisotopic (exact) mass is 256 g/mol. The van der Waals surface area contributed by atoms with E-state index in [0.717, 1.165) is 18.7 Å². The van der Waals surface area contributed by atoms with Gasteiger partial charge < -0.3 is 0 Å². The summed E-state index contributed by atoms with van der Waals surface area (Å²) in [5.74, 6) is 0.762. The third kappa shape index (κ3) is 8.50. The first-order valence-corrected chi connectivity index (χ1v) is 4.67. The minimum atomic E-state index is 0.762. The maximum atomic E-state index is 5.46. The van der Waals surface area contributed by atoms with Crippen LogP contribution >= 0.6 is 34.2 Å². The van der Waals surface area contributed by atoms with Crippen molar-refractivity contribution in [3.63, 3.8) is 0 Å². The normalized spacial score (nSPS) is 11.8. The molecule has 0 N–H and O–H groups in total. The van der Waals surface area contributed by atoms with Crippen molar-refractivity contribution >= 4 is 34.2 Å². The van der Waals surface area contributed by atoms with E-state index in [-0.39, 0.29) is 0 Å². The molecule has 0 rings (SSSR count). The average Bonchev–Trinajstić information content (AvgIpc) is 1.89. The van der Waals surface area contributed by atoms with Crippen LogP contribution in [-0.2, 0) is 0 Å². The van der Waals surface area contributed by atoms with Crippen molar-refractivity contribution in [3.8, 4) is 0 Å². The molecule has 0 aliphatic carbocycles. The topological polar surface area (TPSA) is 0 Å². The van der Waals surface area contributed by atoms with Crippen molar-refractivity contribution in [2.24, 2.45) is 0 Å². The van der Waals surface area contributed by atoms with E-state index in [9.17, 15) is 0 Å². The second kappa shape index (κ2) is 8.50. The lowest BCUT2D eigenvalue weighted by Gasteiger charge is -1.83. The summed E-state index contributed by atoms with van der Waals surface area (Å²) in [5.41, 5.74) is 0. The highest BCUT2D eigenvalue weighted by molar-refractivity contribution is 14.1. The molecule has 0 amide bonds. The summed E-state index contributed by atoms with van der Waals surface area (Å²) in [4.78, 5) is 0. The van der Waals surface area contributed by atoms with Crippen LogP contribution in [0.2, 0.25) is 0 Å². The summed E-state index contributed by atoms with van der Waals surface area (Å²) in [6.45, 7) is 0. The van der Waals surface area contributed by atoms with Gasteiger partial charge in [-0.2, -0.15) is 0 Å². The van der Waals surface area contributed by atoms with E-state index in [1.165, 1.54) is 0 Å².